The van der Waals surface area contributed by atoms with Crippen molar-refractivity contribution in [1.82, 2.24) is 5.43 Å². The van der Waals surface area contributed by atoms with E-state index in [0.717, 1.165) is 11.1 Å². The van der Waals surface area contributed by atoms with Gasteiger partial charge in [-0.3, -0.25) is 10.2 Å². The molecule has 19 heavy (non-hydrogen) atoms. The fourth-order valence-corrected chi connectivity index (χ4v) is 1.62. The van der Waals surface area contributed by atoms with Gasteiger partial charge in [-0.05, 0) is 25.0 Å². The third kappa shape index (κ3) is 6.33. The number of carbonyl (C=O) groups excluding carboxylic acids is 1. The van der Waals surface area contributed by atoms with E-state index in [-0.39, 0.29) is 18.4 Å². The fourth-order valence-electron chi connectivity index (χ4n) is 1.62. The molecule has 1 aromatic rings. The Morgan fingerprint density at radius 3 is 2.58 bits per heavy atom. The van der Waals surface area contributed by atoms with Crippen LogP contribution in [0.4, 0.5) is 0 Å². The molecule has 0 fully saturated rings. The first-order chi connectivity index (χ1) is 9.13. The van der Waals surface area contributed by atoms with E-state index >= 15 is 0 Å². The van der Waals surface area contributed by atoms with E-state index < -0.39 is 0 Å². The van der Waals surface area contributed by atoms with Gasteiger partial charge in [0.2, 0.25) is 5.91 Å². The minimum absolute atomic E-state index is 0.212. The molecule has 0 aliphatic heterocycles. The highest BCUT2D eigenvalue weighted by Crippen LogP contribution is 2.11. The van der Waals surface area contributed by atoms with Crippen molar-refractivity contribution >= 4 is 5.91 Å². The minimum Gasteiger partial charge on any atom is -0.376 e. The van der Waals surface area contributed by atoms with E-state index in [1.165, 1.54) is 0 Å². The van der Waals surface area contributed by atoms with Gasteiger partial charge < -0.3 is 9.47 Å². The maximum Gasteiger partial charge on any atom is 0.238 e. The molecule has 5 nitrogen and oxygen atoms in total. The van der Waals surface area contributed by atoms with Crippen molar-refractivity contribution in [2.75, 3.05) is 13.2 Å². The van der Waals surface area contributed by atoms with Crippen LogP contribution >= 0.6 is 0 Å². The molecule has 0 heterocycles. The van der Waals surface area contributed by atoms with Gasteiger partial charge in [-0.1, -0.05) is 24.3 Å². The van der Waals surface area contributed by atoms with Gasteiger partial charge >= 0.3 is 0 Å². The molecular formula is C14H22N2O3. The van der Waals surface area contributed by atoms with Crippen LogP contribution in [0, 0.1) is 0 Å². The second-order valence-corrected chi connectivity index (χ2v) is 4.49. The molecule has 0 saturated heterocycles. The summed E-state index contributed by atoms with van der Waals surface area (Å²) >= 11 is 0. The molecule has 3 N–H and O–H groups in total. The second kappa shape index (κ2) is 8.63. The number of benzene rings is 1. The standard InChI is InChI=1S/C14H22N2O3/c1-11(2)19-8-7-18-10-13-6-4-3-5-12(13)9-14(17)16-15/h3-6,11H,7-10,15H2,1-2H3,(H,16,17). The zero-order valence-corrected chi connectivity index (χ0v) is 11.5. The molecule has 0 unspecified atom stereocenters. The van der Waals surface area contributed by atoms with Crippen LogP contribution < -0.4 is 11.3 Å². The molecule has 0 aliphatic rings. The van der Waals surface area contributed by atoms with Crippen molar-refractivity contribution in [2.24, 2.45) is 5.84 Å². The van der Waals surface area contributed by atoms with Crippen molar-refractivity contribution in [3.63, 3.8) is 0 Å². The molecule has 1 rings (SSSR count). The number of nitrogens with one attached hydrogen (secondary N) is 1. The second-order valence-electron chi connectivity index (χ2n) is 4.49. The molecule has 0 bridgehead atoms. The normalized spacial score (nSPS) is 10.7. The van der Waals surface area contributed by atoms with Crippen molar-refractivity contribution < 1.29 is 14.3 Å². The first kappa shape index (κ1) is 15.6. The molecule has 1 aromatic carbocycles. The molecule has 0 spiro atoms. The Morgan fingerprint density at radius 2 is 1.95 bits per heavy atom. The minimum atomic E-state index is -0.212. The lowest BCUT2D eigenvalue weighted by atomic mass is 10.1. The summed E-state index contributed by atoms with van der Waals surface area (Å²) < 4.78 is 10.9. The van der Waals surface area contributed by atoms with Crippen molar-refractivity contribution in [3.05, 3.63) is 35.4 Å². The predicted molar refractivity (Wildman–Crippen MR) is 73.2 cm³/mol. The monoisotopic (exact) mass is 266 g/mol. The van der Waals surface area contributed by atoms with Crippen molar-refractivity contribution in [1.29, 1.82) is 0 Å². The molecule has 0 saturated carbocycles. The van der Waals surface area contributed by atoms with Crippen LogP contribution in [0.15, 0.2) is 24.3 Å². The van der Waals surface area contributed by atoms with Crippen LogP contribution in [-0.4, -0.2) is 25.2 Å². The highest BCUT2D eigenvalue weighted by molar-refractivity contribution is 5.78. The van der Waals surface area contributed by atoms with Gasteiger partial charge in [-0.2, -0.15) is 0 Å². The number of rotatable bonds is 8. The van der Waals surface area contributed by atoms with Gasteiger partial charge in [-0.15, -0.1) is 0 Å². The highest BCUT2D eigenvalue weighted by Gasteiger charge is 2.06. The first-order valence-corrected chi connectivity index (χ1v) is 6.39. The number of hydrogen-bond donors (Lipinski definition) is 2. The van der Waals surface area contributed by atoms with Crippen LogP contribution in [0.1, 0.15) is 25.0 Å². The molecule has 1 amide bonds. The van der Waals surface area contributed by atoms with Crippen molar-refractivity contribution in [2.45, 2.75) is 33.0 Å². The Labute approximate surface area is 114 Å². The first-order valence-electron chi connectivity index (χ1n) is 6.39. The summed E-state index contributed by atoms with van der Waals surface area (Å²) in [6.45, 7) is 5.55. The quantitative estimate of drug-likeness (QED) is 0.320. The molecule has 106 valence electrons. The SMILES string of the molecule is CC(C)OCCOCc1ccccc1CC(=O)NN. The summed E-state index contributed by atoms with van der Waals surface area (Å²) in [5, 5.41) is 0. The van der Waals surface area contributed by atoms with Crippen LogP contribution in [0.2, 0.25) is 0 Å². The van der Waals surface area contributed by atoms with Crippen LogP contribution in [0.5, 0.6) is 0 Å². The van der Waals surface area contributed by atoms with Gasteiger partial charge in [-0.25, -0.2) is 5.84 Å². The van der Waals surface area contributed by atoms with Gasteiger partial charge in [0.25, 0.3) is 0 Å². The average Bonchev–Trinajstić information content (AvgIpc) is 2.39. The lowest BCUT2D eigenvalue weighted by molar-refractivity contribution is -0.120. The number of hydrogen-bond acceptors (Lipinski definition) is 4. The Kier molecular flexibility index (Phi) is 7.10. The van der Waals surface area contributed by atoms with E-state index in [1.807, 2.05) is 38.1 Å². The lowest BCUT2D eigenvalue weighted by Gasteiger charge is -2.11. The number of hydrazine groups is 1. The molecular weight excluding hydrogens is 244 g/mol. The van der Waals surface area contributed by atoms with E-state index in [2.05, 4.69) is 5.43 Å². The Morgan fingerprint density at radius 1 is 1.26 bits per heavy atom. The Hall–Kier alpha value is -1.43. The molecule has 0 radical (unpaired) electrons. The molecule has 0 aromatic heterocycles. The fraction of sp³-hybridized carbons (Fsp3) is 0.500. The summed E-state index contributed by atoms with van der Waals surface area (Å²) in [7, 11) is 0. The van der Waals surface area contributed by atoms with Crippen LogP contribution in [-0.2, 0) is 27.3 Å². The van der Waals surface area contributed by atoms with Gasteiger partial charge in [0.1, 0.15) is 0 Å². The van der Waals surface area contributed by atoms with Gasteiger partial charge in [0, 0.05) is 0 Å². The number of carbonyl (C=O) groups is 1. The zero-order valence-electron chi connectivity index (χ0n) is 11.5. The van der Waals surface area contributed by atoms with Crippen molar-refractivity contribution in [3.8, 4) is 0 Å². The summed E-state index contributed by atoms with van der Waals surface area (Å²) in [5.74, 6) is 4.88. The maximum atomic E-state index is 11.3. The third-order valence-corrected chi connectivity index (χ3v) is 2.57. The van der Waals surface area contributed by atoms with E-state index in [4.69, 9.17) is 15.3 Å². The smallest absolute Gasteiger partial charge is 0.238 e. The summed E-state index contributed by atoms with van der Waals surface area (Å²) in [5.41, 5.74) is 4.05. The van der Waals surface area contributed by atoms with Gasteiger partial charge in [0.05, 0.1) is 32.3 Å². The van der Waals surface area contributed by atoms with E-state index in [9.17, 15) is 4.79 Å². The van der Waals surface area contributed by atoms with E-state index in [0.29, 0.717) is 19.8 Å². The van der Waals surface area contributed by atoms with E-state index in [1.54, 1.807) is 0 Å². The third-order valence-electron chi connectivity index (χ3n) is 2.57. The number of nitrogens with two attached hydrogens (primary N) is 1. The number of amides is 1. The summed E-state index contributed by atoms with van der Waals surface area (Å²) in [4.78, 5) is 11.3. The molecule has 5 heteroatoms. The lowest BCUT2D eigenvalue weighted by Crippen LogP contribution is -2.31. The average molecular weight is 266 g/mol. The zero-order chi connectivity index (χ0) is 14.1. The maximum absolute atomic E-state index is 11.3. The predicted octanol–water partition coefficient (Wildman–Crippen LogP) is 1.16. The molecule has 0 aliphatic carbocycles. The van der Waals surface area contributed by atoms with Gasteiger partial charge in [0.15, 0.2) is 0 Å². The topological polar surface area (TPSA) is 73.6 Å². The van der Waals surface area contributed by atoms with Crippen LogP contribution in [0.3, 0.4) is 0 Å². The van der Waals surface area contributed by atoms with Crippen LogP contribution in [0.25, 0.3) is 0 Å². The molecule has 0 atom stereocenters. The summed E-state index contributed by atoms with van der Waals surface area (Å²) in [6.07, 6.45) is 0.475. The number of ether oxygens (including phenoxy) is 2. The Bertz CT molecular complexity index is 394. The highest BCUT2D eigenvalue weighted by atomic mass is 16.5. The summed E-state index contributed by atoms with van der Waals surface area (Å²) in [6, 6.07) is 7.67. The Balaban J connectivity index is 2.42. The largest absolute Gasteiger partial charge is 0.376 e.